The van der Waals surface area contributed by atoms with Gasteiger partial charge in [-0.2, -0.15) is 5.26 Å². The fourth-order valence-corrected chi connectivity index (χ4v) is 1.72. The molecular weight excluding hydrogens is 214 g/mol. The molecule has 0 fully saturated rings. The molecule has 78 valence electrons. The molecule has 3 nitrogen and oxygen atoms in total. The molecule has 0 radical (unpaired) electrons. The molecule has 1 rings (SSSR count). The highest BCUT2D eigenvalue weighted by Crippen LogP contribution is 2.19. The van der Waals surface area contributed by atoms with Gasteiger partial charge in [-0.05, 0) is 35.7 Å². The molecule has 1 N–H and O–H groups in total. The normalized spacial score (nSPS) is 9.67. The third-order valence-corrected chi connectivity index (χ3v) is 2.45. The minimum Gasteiger partial charge on any atom is -0.481 e. The van der Waals surface area contributed by atoms with E-state index in [-0.39, 0.29) is 12.3 Å². The number of hydrogen-bond acceptors (Lipinski definition) is 2. The number of aryl methyl sites for hydroxylation is 1. The summed E-state index contributed by atoms with van der Waals surface area (Å²) in [4.78, 5) is 10.6. The lowest BCUT2D eigenvalue weighted by Crippen LogP contribution is -2.05. The predicted molar refractivity (Wildman–Crippen MR) is 56.8 cm³/mol. The highest BCUT2D eigenvalue weighted by molar-refractivity contribution is 6.17. The third kappa shape index (κ3) is 2.71. The molecule has 1 aromatic rings. The van der Waals surface area contributed by atoms with Gasteiger partial charge < -0.3 is 5.11 Å². The van der Waals surface area contributed by atoms with Crippen molar-refractivity contribution in [1.29, 1.82) is 5.26 Å². The lowest BCUT2D eigenvalue weighted by Gasteiger charge is -2.09. The van der Waals surface area contributed by atoms with Crippen LogP contribution in [0.2, 0.25) is 0 Å². The van der Waals surface area contributed by atoms with E-state index < -0.39 is 5.97 Å². The Kier molecular flexibility index (Phi) is 3.70. The Morgan fingerprint density at radius 2 is 2.27 bits per heavy atom. The second kappa shape index (κ2) is 4.81. The molecule has 4 heteroatoms. The van der Waals surface area contributed by atoms with Crippen molar-refractivity contribution in [3.05, 3.63) is 34.4 Å². The van der Waals surface area contributed by atoms with Crippen LogP contribution in [-0.4, -0.2) is 11.1 Å². The first kappa shape index (κ1) is 11.5. The molecule has 0 aliphatic rings. The van der Waals surface area contributed by atoms with E-state index in [4.69, 9.17) is 22.0 Å². The van der Waals surface area contributed by atoms with Gasteiger partial charge in [-0.3, -0.25) is 4.79 Å². The van der Waals surface area contributed by atoms with Crippen molar-refractivity contribution < 1.29 is 9.90 Å². The van der Waals surface area contributed by atoms with Crippen molar-refractivity contribution in [1.82, 2.24) is 0 Å². The van der Waals surface area contributed by atoms with E-state index in [1.807, 2.05) is 6.07 Å². The molecule has 0 spiro atoms. The molecule has 0 aromatic heterocycles. The molecule has 15 heavy (non-hydrogen) atoms. The Labute approximate surface area is 92.9 Å². The van der Waals surface area contributed by atoms with Gasteiger partial charge in [-0.15, -0.1) is 11.6 Å². The van der Waals surface area contributed by atoms with Gasteiger partial charge in [0.25, 0.3) is 0 Å². The van der Waals surface area contributed by atoms with Crippen LogP contribution >= 0.6 is 11.6 Å². The first-order valence-electron chi connectivity index (χ1n) is 4.38. The number of rotatable bonds is 3. The highest BCUT2D eigenvalue weighted by Gasteiger charge is 2.10. The maximum atomic E-state index is 10.6. The summed E-state index contributed by atoms with van der Waals surface area (Å²) < 4.78 is 0. The molecule has 0 heterocycles. The van der Waals surface area contributed by atoms with Gasteiger partial charge in [-0.1, -0.05) is 0 Å². The molecule has 0 aliphatic carbocycles. The van der Waals surface area contributed by atoms with Gasteiger partial charge in [0.2, 0.25) is 0 Å². The van der Waals surface area contributed by atoms with Crippen LogP contribution in [0.1, 0.15) is 22.3 Å². The quantitative estimate of drug-likeness (QED) is 0.800. The highest BCUT2D eigenvalue weighted by atomic mass is 35.5. The van der Waals surface area contributed by atoms with Crippen LogP contribution in [0.15, 0.2) is 12.1 Å². The Bertz CT molecular complexity index is 435. The summed E-state index contributed by atoms with van der Waals surface area (Å²) in [6.45, 7) is 1.79. The summed E-state index contributed by atoms with van der Waals surface area (Å²) in [5.41, 5.74) is 2.73. The van der Waals surface area contributed by atoms with Gasteiger partial charge in [-0.25, -0.2) is 0 Å². The van der Waals surface area contributed by atoms with Crippen molar-refractivity contribution in [2.75, 3.05) is 0 Å². The van der Waals surface area contributed by atoms with Gasteiger partial charge >= 0.3 is 5.97 Å². The smallest absolute Gasteiger partial charge is 0.307 e. The number of benzene rings is 1. The summed E-state index contributed by atoms with van der Waals surface area (Å²) >= 11 is 5.71. The number of nitriles is 1. The van der Waals surface area contributed by atoms with E-state index in [2.05, 4.69) is 0 Å². The Morgan fingerprint density at radius 3 is 2.73 bits per heavy atom. The van der Waals surface area contributed by atoms with E-state index in [0.29, 0.717) is 11.1 Å². The van der Waals surface area contributed by atoms with Crippen LogP contribution in [-0.2, 0) is 17.1 Å². The topological polar surface area (TPSA) is 61.1 Å². The Morgan fingerprint density at radius 1 is 1.60 bits per heavy atom. The number of hydrogen-bond donors (Lipinski definition) is 1. The number of carboxylic acid groups (broad SMARTS) is 1. The van der Waals surface area contributed by atoms with Crippen LogP contribution in [0.4, 0.5) is 0 Å². The maximum Gasteiger partial charge on any atom is 0.307 e. The van der Waals surface area contributed by atoms with E-state index >= 15 is 0 Å². The maximum absolute atomic E-state index is 10.6. The molecule has 0 atom stereocenters. The minimum absolute atomic E-state index is 0.0560. The van der Waals surface area contributed by atoms with Crippen molar-refractivity contribution in [2.45, 2.75) is 19.2 Å². The van der Waals surface area contributed by atoms with Gasteiger partial charge in [0.1, 0.15) is 0 Å². The standard InChI is InChI=1S/C11H10ClNO2/c1-7-2-8(6-13)3-9(5-12)10(7)4-11(14)15/h2-3H,4-5H2,1H3,(H,14,15). The summed E-state index contributed by atoms with van der Waals surface area (Å²) in [5.74, 6) is -0.673. The fraction of sp³-hybridized carbons (Fsp3) is 0.273. The predicted octanol–water partition coefficient (Wildman–Crippen LogP) is 2.23. The van der Waals surface area contributed by atoms with Crippen molar-refractivity contribution in [2.24, 2.45) is 0 Å². The molecule has 0 saturated heterocycles. The van der Waals surface area contributed by atoms with Gasteiger partial charge in [0.05, 0.1) is 18.1 Å². The van der Waals surface area contributed by atoms with Crippen LogP contribution in [0.3, 0.4) is 0 Å². The average Bonchev–Trinajstić information content (AvgIpc) is 2.20. The van der Waals surface area contributed by atoms with Crippen LogP contribution < -0.4 is 0 Å². The zero-order valence-electron chi connectivity index (χ0n) is 8.25. The Hall–Kier alpha value is -1.53. The van der Waals surface area contributed by atoms with Crippen molar-refractivity contribution in [3.63, 3.8) is 0 Å². The molecule has 0 saturated carbocycles. The number of aliphatic carboxylic acids is 1. The van der Waals surface area contributed by atoms with Crippen LogP contribution in [0.25, 0.3) is 0 Å². The van der Waals surface area contributed by atoms with Crippen LogP contribution in [0.5, 0.6) is 0 Å². The summed E-state index contributed by atoms with van der Waals surface area (Å²) in [6.07, 6.45) is -0.0560. The zero-order chi connectivity index (χ0) is 11.4. The number of carbonyl (C=O) groups is 1. The van der Waals surface area contributed by atoms with E-state index in [9.17, 15) is 4.79 Å². The Balaban J connectivity index is 3.25. The fourth-order valence-electron chi connectivity index (χ4n) is 1.48. The number of carboxylic acids is 1. The van der Waals surface area contributed by atoms with Gasteiger partial charge in [0, 0.05) is 5.88 Å². The second-order valence-corrected chi connectivity index (χ2v) is 3.51. The van der Waals surface area contributed by atoms with E-state index in [1.54, 1.807) is 19.1 Å². The summed E-state index contributed by atoms with van der Waals surface area (Å²) in [6, 6.07) is 5.33. The number of alkyl halides is 1. The lowest BCUT2D eigenvalue weighted by molar-refractivity contribution is -0.136. The van der Waals surface area contributed by atoms with Crippen molar-refractivity contribution in [3.8, 4) is 6.07 Å². The molecule has 0 amide bonds. The lowest BCUT2D eigenvalue weighted by atomic mass is 9.97. The molecule has 0 aliphatic heterocycles. The van der Waals surface area contributed by atoms with E-state index in [1.165, 1.54) is 0 Å². The average molecular weight is 224 g/mol. The van der Waals surface area contributed by atoms with Crippen molar-refractivity contribution >= 4 is 17.6 Å². The second-order valence-electron chi connectivity index (χ2n) is 3.25. The number of halogens is 1. The first-order chi connectivity index (χ1) is 7.08. The molecule has 1 aromatic carbocycles. The summed E-state index contributed by atoms with van der Waals surface area (Å²) in [7, 11) is 0. The van der Waals surface area contributed by atoms with Gasteiger partial charge in [0.15, 0.2) is 0 Å². The zero-order valence-corrected chi connectivity index (χ0v) is 9.01. The SMILES string of the molecule is Cc1cc(C#N)cc(CCl)c1CC(=O)O. The van der Waals surface area contributed by atoms with E-state index in [0.717, 1.165) is 11.1 Å². The molecular formula is C11H10ClNO2. The minimum atomic E-state index is -0.894. The first-order valence-corrected chi connectivity index (χ1v) is 4.92. The molecule has 0 bridgehead atoms. The number of nitrogens with zero attached hydrogens (tertiary/aromatic N) is 1. The van der Waals surface area contributed by atoms with Crippen LogP contribution in [0, 0.1) is 18.3 Å². The third-order valence-electron chi connectivity index (χ3n) is 2.17. The largest absolute Gasteiger partial charge is 0.481 e. The monoisotopic (exact) mass is 223 g/mol. The molecule has 0 unspecified atom stereocenters. The summed E-state index contributed by atoms with van der Waals surface area (Å²) in [5, 5.41) is 17.5.